The first-order chi connectivity index (χ1) is 12.7. The monoisotopic (exact) mass is 408 g/mol. The van der Waals surface area contributed by atoms with Crippen molar-refractivity contribution in [1.82, 2.24) is 5.32 Å². The molecule has 0 aromatic heterocycles. The van der Waals surface area contributed by atoms with Crippen LogP contribution in [0.15, 0.2) is 53.4 Å². The first-order valence-corrected chi connectivity index (χ1v) is 10.7. The molecule has 1 amide bonds. The highest BCUT2D eigenvalue weighted by atomic mass is 35.5. The predicted octanol–water partition coefficient (Wildman–Crippen LogP) is 4.15. The van der Waals surface area contributed by atoms with E-state index < -0.39 is 10.0 Å². The number of sulfonamides is 1. The fourth-order valence-corrected chi connectivity index (χ4v) is 4.33. The van der Waals surface area contributed by atoms with Gasteiger partial charge in [-0.05, 0) is 62.2 Å². The number of carbonyl (C=O) groups is 1. The molecule has 1 unspecified atom stereocenters. The molecule has 0 aliphatic rings. The van der Waals surface area contributed by atoms with Gasteiger partial charge in [-0.25, -0.2) is 8.42 Å². The van der Waals surface area contributed by atoms with E-state index >= 15 is 0 Å². The summed E-state index contributed by atoms with van der Waals surface area (Å²) in [4.78, 5) is 12.6. The van der Waals surface area contributed by atoms with Gasteiger partial charge in [0.2, 0.25) is 5.91 Å². The van der Waals surface area contributed by atoms with Gasteiger partial charge in [0.15, 0.2) is 0 Å². The summed E-state index contributed by atoms with van der Waals surface area (Å²) in [6.07, 6.45) is 1.77. The summed E-state index contributed by atoms with van der Waals surface area (Å²) in [6.45, 7) is 5.53. The molecule has 146 valence electrons. The van der Waals surface area contributed by atoms with E-state index in [4.69, 9.17) is 11.6 Å². The molecule has 0 aliphatic heterocycles. The minimum absolute atomic E-state index is 0.0138. The molecule has 1 atom stereocenters. The number of carbonyl (C=O) groups excluding carboxylic acids is 1. The second-order valence-electron chi connectivity index (χ2n) is 6.56. The van der Waals surface area contributed by atoms with E-state index in [1.165, 1.54) is 24.3 Å². The van der Waals surface area contributed by atoms with Crippen LogP contribution < -0.4 is 9.62 Å². The Kier molecular flexibility index (Phi) is 7.27. The van der Waals surface area contributed by atoms with E-state index in [0.717, 1.165) is 22.7 Å². The molecular formula is C20H25ClN2O3S. The van der Waals surface area contributed by atoms with Crippen LogP contribution in [0.4, 0.5) is 5.69 Å². The molecule has 7 heteroatoms. The first-order valence-electron chi connectivity index (χ1n) is 8.88. The molecule has 0 saturated carbocycles. The Labute approximate surface area is 166 Å². The molecule has 0 heterocycles. The van der Waals surface area contributed by atoms with Gasteiger partial charge in [-0.2, -0.15) is 0 Å². The lowest BCUT2D eigenvalue weighted by Crippen LogP contribution is -2.43. The number of benzene rings is 2. The van der Waals surface area contributed by atoms with Gasteiger partial charge in [-0.1, -0.05) is 37.1 Å². The number of hydrogen-bond acceptors (Lipinski definition) is 3. The zero-order chi connectivity index (χ0) is 20.0. The van der Waals surface area contributed by atoms with E-state index in [9.17, 15) is 13.2 Å². The van der Waals surface area contributed by atoms with Crippen LogP contribution >= 0.6 is 11.6 Å². The van der Waals surface area contributed by atoms with E-state index in [2.05, 4.69) is 5.32 Å². The highest BCUT2D eigenvalue weighted by Crippen LogP contribution is 2.25. The Hall–Kier alpha value is -2.05. The molecule has 27 heavy (non-hydrogen) atoms. The number of rotatable bonds is 8. The minimum Gasteiger partial charge on any atom is -0.352 e. The summed E-state index contributed by atoms with van der Waals surface area (Å²) in [5.41, 5.74) is 1.35. The molecule has 0 bridgehead atoms. The average molecular weight is 409 g/mol. The predicted molar refractivity (Wildman–Crippen MR) is 110 cm³/mol. The van der Waals surface area contributed by atoms with Crippen molar-refractivity contribution in [3.05, 3.63) is 59.1 Å². The fraction of sp³-hybridized carbons (Fsp3) is 0.350. The van der Waals surface area contributed by atoms with E-state index in [-0.39, 0.29) is 23.4 Å². The molecule has 0 aliphatic carbocycles. The highest BCUT2D eigenvalue weighted by Gasteiger charge is 2.27. The number of nitrogens with one attached hydrogen (secondary N) is 1. The Balaban J connectivity index is 2.38. The van der Waals surface area contributed by atoms with Gasteiger partial charge in [0, 0.05) is 11.1 Å². The van der Waals surface area contributed by atoms with Crippen LogP contribution in [0.25, 0.3) is 0 Å². The second kappa shape index (κ2) is 9.24. The van der Waals surface area contributed by atoms with E-state index in [1.54, 1.807) is 18.2 Å². The van der Waals surface area contributed by atoms with Crippen molar-refractivity contribution in [2.45, 2.75) is 44.6 Å². The first kappa shape index (κ1) is 21.3. The summed E-state index contributed by atoms with van der Waals surface area (Å²) >= 11 is 5.88. The molecule has 5 nitrogen and oxygen atoms in total. The summed E-state index contributed by atoms with van der Waals surface area (Å²) in [6, 6.07) is 13.0. The number of hydrogen-bond donors (Lipinski definition) is 1. The van der Waals surface area contributed by atoms with Crippen LogP contribution in [0.2, 0.25) is 5.02 Å². The zero-order valence-electron chi connectivity index (χ0n) is 15.8. The van der Waals surface area contributed by atoms with Crippen molar-refractivity contribution in [1.29, 1.82) is 0 Å². The molecule has 0 radical (unpaired) electrons. The van der Waals surface area contributed by atoms with Crippen molar-refractivity contribution in [2.75, 3.05) is 10.8 Å². The Morgan fingerprint density at radius 1 is 1.19 bits per heavy atom. The topological polar surface area (TPSA) is 66.5 Å². The van der Waals surface area contributed by atoms with Crippen LogP contribution in [0, 0.1) is 6.92 Å². The number of aryl methyl sites for hydroxylation is 1. The van der Waals surface area contributed by atoms with Crippen LogP contribution in [0.3, 0.4) is 0 Å². The molecular weight excluding hydrogens is 384 g/mol. The largest absolute Gasteiger partial charge is 0.352 e. The maximum atomic E-state index is 13.2. The zero-order valence-corrected chi connectivity index (χ0v) is 17.3. The molecule has 2 rings (SSSR count). The maximum absolute atomic E-state index is 13.2. The molecule has 0 spiro atoms. The third-order valence-electron chi connectivity index (χ3n) is 4.11. The summed E-state index contributed by atoms with van der Waals surface area (Å²) in [5.74, 6) is -0.338. The van der Waals surface area contributed by atoms with Crippen LogP contribution in [0.1, 0.15) is 32.3 Å². The van der Waals surface area contributed by atoms with Gasteiger partial charge < -0.3 is 5.32 Å². The van der Waals surface area contributed by atoms with E-state index in [0.29, 0.717) is 10.7 Å². The standard InChI is InChI=1S/C20H25ClN2O3S/c1-4-6-16(3)22-20(24)14-23(18-8-5-7-15(2)13-18)27(25,26)19-11-9-17(21)10-12-19/h5,7-13,16H,4,6,14H2,1-3H3,(H,22,24). The van der Waals surface area contributed by atoms with Gasteiger partial charge in [-0.15, -0.1) is 0 Å². The second-order valence-corrected chi connectivity index (χ2v) is 8.86. The van der Waals surface area contributed by atoms with Crippen molar-refractivity contribution in [2.24, 2.45) is 0 Å². The number of nitrogens with zero attached hydrogens (tertiary/aromatic N) is 1. The average Bonchev–Trinajstić information content (AvgIpc) is 2.60. The van der Waals surface area contributed by atoms with Crippen molar-refractivity contribution >= 4 is 33.2 Å². The van der Waals surface area contributed by atoms with Crippen molar-refractivity contribution in [3.8, 4) is 0 Å². The molecule has 0 fully saturated rings. The van der Waals surface area contributed by atoms with Gasteiger partial charge in [-0.3, -0.25) is 9.10 Å². The van der Waals surface area contributed by atoms with Crippen LogP contribution in [-0.2, 0) is 14.8 Å². The Morgan fingerprint density at radius 3 is 2.44 bits per heavy atom. The lowest BCUT2D eigenvalue weighted by Gasteiger charge is -2.25. The SMILES string of the molecule is CCCC(C)NC(=O)CN(c1cccc(C)c1)S(=O)(=O)c1ccc(Cl)cc1. The van der Waals surface area contributed by atoms with E-state index in [1.807, 2.05) is 26.8 Å². The fourth-order valence-electron chi connectivity index (χ4n) is 2.79. The van der Waals surface area contributed by atoms with Gasteiger partial charge in [0.25, 0.3) is 10.0 Å². The molecule has 1 N–H and O–H groups in total. The summed E-state index contributed by atoms with van der Waals surface area (Å²) in [7, 11) is -3.92. The van der Waals surface area contributed by atoms with Gasteiger partial charge in [0.1, 0.15) is 6.54 Å². The molecule has 2 aromatic rings. The smallest absolute Gasteiger partial charge is 0.264 e. The highest BCUT2D eigenvalue weighted by molar-refractivity contribution is 7.92. The van der Waals surface area contributed by atoms with Crippen molar-refractivity contribution in [3.63, 3.8) is 0 Å². The Bertz CT molecular complexity index is 882. The Morgan fingerprint density at radius 2 is 1.85 bits per heavy atom. The number of anilines is 1. The molecule has 2 aromatic carbocycles. The van der Waals surface area contributed by atoms with Crippen LogP contribution in [0.5, 0.6) is 0 Å². The van der Waals surface area contributed by atoms with Crippen LogP contribution in [-0.4, -0.2) is 26.9 Å². The number of halogens is 1. The minimum atomic E-state index is -3.92. The summed E-state index contributed by atoms with van der Waals surface area (Å²) < 4.78 is 27.5. The lowest BCUT2D eigenvalue weighted by molar-refractivity contribution is -0.120. The third kappa shape index (κ3) is 5.71. The quantitative estimate of drug-likeness (QED) is 0.713. The third-order valence-corrected chi connectivity index (χ3v) is 6.15. The number of amides is 1. The summed E-state index contributed by atoms with van der Waals surface area (Å²) in [5, 5.41) is 3.31. The molecule has 0 saturated heterocycles. The normalized spacial score (nSPS) is 12.4. The van der Waals surface area contributed by atoms with Gasteiger partial charge in [0.05, 0.1) is 10.6 Å². The lowest BCUT2D eigenvalue weighted by atomic mass is 10.2. The maximum Gasteiger partial charge on any atom is 0.264 e. The van der Waals surface area contributed by atoms with Gasteiger partial charge >= 0.3 is 0 Å². The van der Waals surface area contributed by atoms with Crippen molar-refractivity contribution < 1.29 is 13.2 Å².